The molecular weight excluding hydrogens is 184 g/mol. The lowest BCUT2D eigenvalue weighted by Crippen LogP contribution is -2.01. The summed E-state index contributed by atoms with van der Waals surface area (Å²) in [6, 6.07) is 0. The van der Waals surface area contributed by atoms with Crippen LogP contribution in [0, 0.1) is 0 Å². The quantitative estimate of drug-likeness (QED) is 0.329. The van der Waals surface area contributed by atoms with Crippen molar-refractivity contribution in [3.05, 3.63) is 12.3 Å². The molecule has 0 aliphatic carbocycles. The molecule has 0 N–H and O–H groups in total. The van der Waals surface area contributed by atoms with Gasteiger partial charge in [0.1, 0.15) is 18.8 Å². The second-order valence-corrected chi connectivity index (χ2v) is 3.48. The maximum absolute atomic E-state index is 5.34. The summed E-state index contributed by atoms with van der Waals surface area (Å²) < 4.78 is 20.5. The Hall–Kier alpha value is -0.580. The van der Waals surface area contributed by atoms with Gasteiger partial charge in [-0.05, 0) is 12.5 Å². The van der Waals surface area contributed by atoms with E-state index in [9.17, 15) is 0 Å². The fourth-order valence-electron chi connectivity index (χ4n) is 0.994. The first-order valence-corrected chi connectivity index (χ1v) is 5.03. The van der Waals surface area contributed by atoms with Gasteiger partial charge in [-0.15, -0.1) is 0 Å². The van der Waals surface area contributed by atoms with E-state index in [2.05, 4.69) is 0 Å². The molecule has 0 aromatic carbocycles. The molecule has 14 heavy (non-hydrogen) atoms. The molecule has 4 nitrogen and oxygen atoms in total. The van der Waals surface area contributed by atoms with Crippen LogP contribution >= 0.6 is 0 Å². The van der Waals surface area contributed by atoms with Gasteiger partial charge < -0.3 is 18.9 Å². The number of ether oxygens (including phenoxy) is 4. The van der Waals surface area contributed by atoms with E-state index < -0.39 is 0 Å². The summed E-state index contributed by atoms with van der Waals surface area (Å²) in [5.41, 5.74) is 0. The highest BCUT2D eigenvalue weighted by molar-refractivity contribution is 4.76. The van der Waals surface area contributed by atoms with Crippen LogP contribution in [0.15, 0.2) is 12.3 Å². The third kappa shape index (κ3) is 4.60. The Kier molecular flexibility index (Phi) is 3.80. The molecule has 0 aromatic rings. The zero-order chi connectivity index (χ0) is 9.64. The van der Waals surface area contributed by atoms with Crippen molar-refractivity contribution in [3.63, 3.8) is 0 Å². The van der Waals surface area contributed by atoms with Crippen molar-refractivity contribution in [3.8, 4) is 0 Å². The Balaban J connectivity index is 1.33. The zero-order valence-corrected chi connectivity index (χ0v) is 8.19. The van der Waals surface area contributed by atoms with Gasteiger partial charge >= 0.3 is 0 Å². The summed E-state index contributed by atoms with van der Waals surface area (Å²) in [5.74, 6) is 0. The number of epoxide rings is 2. The summed E-state index contributed by atoms with van der Waals surface area (Å²) in [5, 5.41) is 0. The maximum Gasteiger partial charge on any atom is 0.116 e. The summed E-state index contributed by atoms with van der Waals surface area (Å²) >= 11 is 0. The minimum atomic E-state index is 0.336. The minimum Gasteiger partial charge on any atom is -0.499 e. The van der Waals surface area contributed by atoms with Gasteiger partial charge in [-0.2, -0.15) is 0 Å². The average molecular weight is 200 g/mol. The Morgan fingerprint density at radius 2 is 1.86 bits per heavy atom. The zero-order valence-electron chi connectivity index (χ0n) is 8.19. The van der Waals surface area contributed by atoms with Crippen LogP contribution in [-0.4, -0.2) is 45.2 Å². The molecule has 4 heteroatoms. The Labute approximate surface area is 83.8 Å². The molecule has 2 aliphatic heterocycles. The average Bonchev–Trinajstić information content (AvgIpc) is 3.00. The van der Waals surface area contributed by atoms with Crippen molar-refractivity contribution < 1.29 is 18.9 Å². The third-order valence-corrected chi connectivity index (χ3v) is 2.01. The molecule has 2 saturated heterocycles. The molecule has 2 atom stereocenters. The van der Waals surface area contributed by atoms with Crippen molar-refractivity contribution in [2.45, 2.75) is 18.6 Å². The number of hydrogen-bond acceptors (Lipinski definition) is 4. The van der Waals surface area contributed by atoms with E-state index in [1.54, 1.807) is 6.26 Å². The molecule has 0 saturated carbocycles. The first-order valence-electron chi connectivity index (χ1n) is 5.03. The second kappa shape index (κ2) is 5.34. The van der Waals surface area contributed by atoms with Crippen molar-refractivity contribution >= 4 is 0 Å². The predicted molar refractivity (Wildman–Crippen MR) is 50.0 cm³/mol. The van der Waals surface area contributed by atoms with Gasteiger partial charge in [-0.1, -0.05) is 0 Å². The lowest BCUT2D eigenvalue weighted by molar-refractivity contribution is 0.120. The van der Waals surface area contributed by atoms with Gasteiger partial charge in [0.05, 0.1) is 32.7 Å². The number of rotatable bonds is 8. The summed E-state index contributed by atoms with van der Waals surface area (Å²) in [6.07, 6.45) is 5.28. The molecule has 2 unspecified atom stereocenters. The first kappa shape index (κ1) is 9.96. The molecule has 2 fully saturated rings. The summed E-state index contributed by atoms with van der Waals surface area (Å²) in [7, 11) is 0. The second-order valence-electron chi connectivity index (χ2n) is 3.48. The van der Waals surface area contributed by atoms with Crippen LogP contribution in [0.25, 0.3) is 0 Å². The van der Waals surface area contributed by atoms with Crippen LogP contribution in [0.3, 0.4) is 0 Å². The molecular formula is C10H16O4. The Morgan fingerprint density at radius 1 is 1.14 bits per heavy atom. The van der Waals surface area contributed by atoms with Crippen LogP contribution in [-0.2, 0) is 18.9 Å². The first-order chi connectivity index (χ1) is 6.95. The fourth-order valence-corrected chi connectivity index (χ4v) is 0.994. The van der Waals surface area contributed by atoms with Gasteiger partial charge in [0.25, 0.3) is 0 Å². The monoisotopic (exact) mass is 200 g/mol. The summed E-state index contributed by atoms with van der Waals surface area (Å²) in [4.78, 5) is 0. The minimum absolute atomic E-state index is 0.336. The van der Waals surface area contributed by atoms with E-state index in [-0.39, 0.29) is 0 Å². The highest BCUT2D eigenvalue weighted by Crippen LogP contribution is 2.09. The lowest BCUT2D eigenvalue weighted by atomic mass is 10.4. The SMILES string of the molecule is C(=COCC1CO1)CCOCC1CO1. The van der Waals surface area contributed by atoms with Crippen LogP contribution in [0.2, 0.25) is 0 Å². The molecule has 2 rings (SSSR count). The smallest absolute Gasteiger partial charge is 0.116 e. The van der Waals surface area contributed by atoms with E-state index in [1.807, 2.05) is 6.08 Å². The van der Waals surface area contributed by atoms with Crippen LogP contribution in [0.4, 0.5) is 0 Å². The van der Waals surface area contributed by atoms with Crippen LogP contribution in [0.5, 0.6) is 0 Å². The Morgan fingerprint density at radius 3 is 2.57 bits per heavy atom. The van der Waals surface area contributed by atoms with Gasteiger partial charge in [-0.25, -0.2) is 0 Å². The van der Waals surface area contributed by atoms with Gasteiger partial charge in [0, 0.05) is 0 Å². The van der Waals surface area contributed by atoms with Gasteiger partial charge in [-0.3, -0.25) is 0 Å². The standard InChI is InChI=1S/C10H16O4/c1(3-11-5-9-7-13-9)2-4-12-6-10-8-14-10/h1,3,9-10H,2,4-8H2. The van der Waals surface area contributed by atoms with E-state index in [1.165, 1.54) is 0 Å². The van der Waals surface area contributed by atoms with E-state index in [0.29, 0.717) is 18.8 Å². The number of hydrogen-bond donors (Lipinski definition) is 0. The maximum atomic E-state index is 5.34. The van der Waals surface area contributed by atoms with Crippen LogP contribution in [0.1, 0.15) is 6.42 Å². The predicted octanol–water partition coefficient (Wildman–Crippen LogP) is 0.721. The van der Waals surface area contributed by atoms with E-state index in [4.69, 9.17) is 18.9 Å². The van der Waals surface area contributed by atoms with E-state index in [0.717, 1.165) is 32.8 Å². The molecule has 0 bridgehead atoms. The van der Waals surface area contributed by atoms with Crippen molar-refractivity contribution in [1.29, 1.82) is 0 Å². The molecule has 2 heterocycles. The third-order valence-electron chi connectivity index (χ3n) is 2.01. The van der Waals surface area contributed by atoms with Gasteiger partial charge in [0.15, 0.2) is 0 Å². The van der Waals surface area contributed by atoms with Crippen molar-refractivity contribution in [1.82, 2.24) is 0 Å². The molecule has 80 valence electrons. The van der Waals surface area contributed by atoms with Crippen molar-refractivity contribution in [2.24, 2.45) is 0 Å². The fraction of sp³-hybridized carbons (Fsp3) is 0.800. The van der Waals surface area contributed by atoms with Gasteiger partial charge in [0.2, 0.25) is 0 Å². The molecule has 0 radical (unpaired) electrons. The normalized spacial score (nSPS) is 29.4. The molecule has 0 amide bonds. The topological polar surface area (TPSA) is 43.5 Å². The molecule has 0 spiro atoms. The highest BCUT2D eigenvalue weighted by Gasteiger charge is 2.22. The molecule has 2 aliphatic rings. The van der Waals surface area contributed by atoms with E-state index >= 15 is 0 Å². The molecule has 0 aromatic heterocycles. The largest absolute Gasteiger partial charge is 0.499 e. The Bertz CT molecular complexity index is 185. The summed E-state index contributed by atoms with van der Waals surface area (Å²) in [6.45, 7) is 3.84. The highest BCUT2D eigenvalue weighted by atomic mass is 16.6. The van der Waals surface area contributed by atoms with Crippen LogP contribution < -0.4 is 0 Å². The lowest BCUT2D eigenvalue weighted by Gasteiger charge is -1.98. The van der Waals surface area contributed by atoms with Crippen molar-refractivity contribution in [2.75, 3.05) is 33.0 Å².